The Kier molecular flexibility index (Phi) is 7.04. The minimum absolute atomic E-state index is 0.0148. The van der Waals surface area contributed by atoms with Crippen molar-refractivity contribution in [2.45, 2.75) is 18.5 Å². The smallest absolute Gasteiger partial charge is 0.281 e. The number of phenols is 1. The van der Waals surface area contributed by atoms with E-state index >= 15 is 0 Å². The van der Waals surface area contributed by atoms with Crippen molar-refractivity contribution in [3.63, 3.8) is 0 Å². The summed E-state index contributed by atoms with van der Waals surface area (Å²) in [5.74, 6) is -1.98. The van der Waals surface area contributed by atoms with Crippen molar-refractivity contribution in [2.24, 2.45) is 0 Å². The van der Waals surface area contributed by atoms with E-state index in [0.29, 0.717) is 33.9 Å². The first-order valence-electron chi connectivity index (χ1n) is 10.3. The van der Waals surface area contributed by atoms with Crippen LogP contribution >= 0.6 is 11.3 Å². The van der Waals surface area contributed by atoms with Gasteiger partial charge in [0.25, 0.3) is 10.0 Å². The molecule has 2 aromatic carbocycles. The molecule has 2 heterocycles. The van der Waals surface area contributed by atoms with Crippen molar-refractivity contribution in [2.75, 3.05) is 17.1 Å². The summed E-state index contributed by atoms with van der Waals surface area (Å²) in [4.78, 5) is 7.90. The van der Waals surface area contributed by atoms with Crippen LogP contribution in [0.2, 0.25) is 0 Å². The highest BCUT2D eigenvalue weighted by atomic mass is 32.2. The Balaban J connectivity index is 1.51. The molecule has 8 nitrogen and oxygen atoms in total. The number of benzene rings is 2. The number of aromatic hydroxyl groups is 1. The molecule has 13 heteroatoms. The number of hydrogen-bond donors (Lipinski definition) is 3. The largest absolute Gasteiger partial charge is 0.504 e. The van der Waals surface area contributed by atoms with E-state index in [1.54, 1.807) is 24.3 Å². The lowest BCUT2D eigenvalue weighted by Gasteiger charge is -2.12. The number of thiazole rings is 1. The van der Waals surface area contributed by atoms with E-state index in [4.69, 9.17) is 4.74 Å². The van der Waals surface area contributed by atoms with Crippen molar-refractivity contribution in [3.8, 4) is 22.8 Å². The molecule has 0 radical (unpaired) electrons. The Morgan fingerprint density at radius 1 is 1.11 bits per heavy atom. The molecule has 0 aliphatic carbocycles. The molecule has 4 rings (SSSR count). The van der Waals surface area contributed by atoms with Crippen molar-refractivity contribution in [3.05, 3.63) is 76.6 Å². The number of halogens is 3. The molecule has 4 aromatic rings. The van der Waals surface area contributed by atoms with Crippen LogP contribution in [0.5, 0.6) is 11.5 Å². The second-order valence-corrected chi connectivity index (χ2v) is 10.1. The number of ether oxygens (including phenoxy) is 1. The first-order chi connectivity index (χ1) is 17.1. The van der Waals surface area contributed by atoms with Gasteiger partial charge in [-0.3, -0.25) is 4.72 Å². The van der Waals surface area contributed by atoms with Crippen LogP contribution in [0.3, 0.4) is 0 Å². The van der Waals surface area contributed by atoms with Gasteiger partial charge < -0.3 is 15.2 Å². The number of anilines is 2. The van der Waals surface area contributed by atoms with Gasteiger partial charge in [-0.2, -0.15) is 12.8 Å². The third-order valence-electron chi connectivity index (χ3n) is 5.07. The third kappa shape index (κ3) is 5.21. The Morgan fingerprint density at radius 2 is 1.89 bits per heavy atom. The van der Waals surface area contributed by atoms with Gasteiger partial charge in [0.15, 0.2) is 33.3 Å². The normalized spacial score (nSPS) is 11.4. The van der Waals surface area contributed by atoms with Crippen molar-refractivity contribution < 1.29 is 31.4 Å². The van der Waals surface area contributed by atoms with E-state index in [1.807, 2.05) is 0 Å². The highest BCUT2D eigenvalue weighted by Gasteiger charge is 2.23. The summed E-state index contributed by atoms with van der Waals surface area (Å²) in [6.45, 7) is 1.75. The number of aryl methyl sites for hydroxylation is 1. The number of nitrogens with one attached hydrogen (secondary N) is 2. The number of para-hydroxylation sites is 1. The van der Waals surface area contributed by atoms with E-state index in [2.05, 4.69) is 20.0 Å². The third-order valence-corrected chi connectivity index (χ3v) is 7.36. The zero-order valence-corrected chi connectivity index (χ0v) is 20.5. The van der Waals surface area contributed by atoms with Gasteiger partial charge in [0.2, 0.25) is 5.13 Å². The highest BCUT2D eigenvalue weighted by molar-refractivity contribution is 7.92. The number of phenolic OH excluding ortho intramolecular Hbond substituents is 1. The summed E-state index contributed by atoms with van der Waals surface area (Å²) in [7, 11) is -2.80. The van der Waals surface area contributed by atoms with Gasteiger partial charge in [-0.25, -0.2) is 18.7 Å². The predicted molar refractivity (Wildman–Crippen MR) is 129 cm³/mol. The minimum atomic E-state index is -4.24. The lowest BCUT2D eigenvalue weighted by molar-refractivity contribution is 0.371. The molecule has 0 bridgehead atoms. The number of rotatable bonds is 8. The fraction of sp³-hybridized carbons (Fsp3) is 0.130. The van der Waals surface area contributed by atoms with E-state index in [0.717, 1.165) is 18.2 Å². The van der Waals surface area contributed by atoms with Gasteiger partial charge in [0.05, 0.1) is 19.0 Å². The summed E-state index contributed by atoms with van der Waals surface area (Å²) in [5.41, 5.74) is 0.990. The van der Waals surface area contributed by atoms with Gasteiger partial charge in [-0.1, -0.05) is 23.5 Å². The van der Waals surface area contributed by atoms with E-state index in [1.165, 1.54) is 20.2 Å². The maximum atomic E-state index is 14.4. The summed E-state index contributed by atoms with van der Waals surface area (Å²) in [6, 6.07) is 9.33. The molecule has 0 unspecified atom stereocenters. The average Bonchev–Trinajstić information content (AvgIpc) is 3.19. The summed E-state index contributed by atoms with van der Waals surface area (Å²) < 4.78 is 74.1. The van der Waals surface area contributed by atoms with Crippen LogP contribution in [0.4, 0.5) is 24.0 Å². The molecule has 3 N–H and O–H groups in total. The number of nitrogens with zero attached hydrogens (tertiary/aromatic N) is 2. The van der Waals surface area contributed by atoms with Crippen LogP contribution in [0.15, 0.2) is 53.7 Å². The Bertz CT molecular complexity index is 1540. The van der Waals surface area contributed by atoms with Crippen LogP contribution in [0, 0.1) is 23.7 Å². The quantitative estimate of drug-likeness (QED) is 0.289. The Labute approximate surface area is 208 Å². The van der Waals surface area contributed by atoms with Crippen molar-refractivity contribution >= 4 is 32.2 Å². The fourth-order valence-electron chi connectivity index (χ4n) is 3.34. The second kappa shape index (κ2) is 10.0. The molecule has 188 valence electrons. The first-order valence-corrected chi connectivity index (χ1v) is 12.6. The van der Waals surface area contributed by atoms with Gasteiger partial charge >= 0.3 is 0 Å². The molecule has 2 aromatic heterocycles. The Morgan fingerprint density at radius 3 is 2.58 bits per heavy atom. The van der Waals surface area contributed by atoms with Crippen LogP contribution in [0.25, 0.3) is 11.3 Å². The van der Waals surface area contributed by atoms with E-state index in [9.17, 15) is 26.7 Å². The first kappa shape index (κ1) is 25.3. The molecular formula is C23H19F3N4O4S2. The van der Waals surface area contributed by atoms with Crippen LogP contribution < -0.4 is 14.8 Å². The van der Waals surface area contributed by atoms with E-state index in [-0.39, 0.29) is 33.7 Å². The number of aromatic nitrogens is 2. The molecule has 0 saturated heterocycles. The lowest BCUT2D eigenvalue weighted by atomic mass is 10.1. The molecule has 0 atom stereocenters. The maximum absolute atomic E-state index is 14.4. The SMILES string of the molecule is COc1cccc(CNc2cnc(S(=O)(=O)Nc3nc(-c4ccc(F)c(F)c4)c(F)s3)c(C)c2)c1O. The average molecular weight is 537 g/mol. The molecule has 0 spiro atoms. The minimum Gasteiger partial charge on any atom is -0.504 e. The van der Waals surface area contributed by atoms with Gasteiger partial charge in [0, 0.05) is 17.7 Å². The molecular weight excluding hydrogens is 517 g/mol. The zero-order valence-electron chi connectivity index (χ0n) is 18.8. The highest BCUT2D eigenvalue weighted by Crippen LogP contribution is 2.32. The van der Waals surface area contributed by atoms with Crippen LogP contribution in [-0.4, -0.2) is 30.6 Å². The van der Waals surface area contributed by atoms with Gasteiger partial charge in [-0.05, 0) is 42.8 Å². The molecule has 36 heavy (non-hydrogen) atoms. The molecule has 0 aliphatic heterocycles. The summed E-state index contributed by atoms with van der Waals surface area (Å²) in [5, 5.41) is 11.8. The molecule has 0 saturated carbocycles. The number of hydrogen-bond acceptors (Lipinski definition) is 8. The van der Waals surface area contributed by atoms with E-state index < -0.39 is 26.8 Å². The zero-order chi connectivity index (χ0) is 26.0. The lowest BCUT2D eigenvalue weighted by Crippen LogP contribution is -2.16. The number of sulfonamides is 1. The summed E-state index contributed by atoms with van der Waals surface area (Å²) in [6.07, 6.45) is 1.30. The molecule has 0 fully saturated rings. The van der Waals surface area contributed by atoms with Crippen LogP contribution in [0.1, 0.15) is 11.1 Å². The second-order valence-electron chi connectivity index (χ2n) is 7.54. The topological polar surface area (TPSA) is 113 Å². The van der Waals surface area contributed by atoms with Crippen molar-refractivity contribution in [1.82, 2.24) is 9.97 Å². The van der Waals surface area contributed by atoms with Crippen LogP contribution in [-0.2, 0) is 16.6 Å². The maximum Gasteiger partial charge on any atom is 0.281 e. The van der Waals surface area contributed by atoms with Gasteiger partial charge in [-0.15, -0.1) is 0 Å². The molecule has 0 aliphatic rings. The fourth-order valence-corrected chi connectivity index (χ4v) is 5.45. The molecule has 0 amide bonds. The summed E-state index contributed by atoms with van der Waals surface area (Å²) >= 11 is 0.402. The monoisotopic (exact) mass is 536 g/mol. The standard InChI is InChI=1S/C23H19F3N4O4S2/c1-12-8-15(27-10-14-4-3-5-18(34-2)20(14)31)11-28-22(12)36(32,33)30-23-29-19(21(26)35-23)13-6-7-16(24)17(25)9-13/h3-9,11,27,31H,10H2,1-2H3,(H,29,30). The predicted octanol–water partition coefficient (Wildman–Crippen LogP) is 5.06. The van der Waals surface area contributed by atoms with Gasteiger partial charge in [0.1, 0.15) is 5.69 Å². The number of methoxy groups -OCH3 is 1. The van der Waals surface area contributed by atoms with Crippen molar-refractivity contribution in [1.29, 1.82) is 0 Å². The number of pyridine rings is 1. The Hall–Kier alpha value is -3.84.